The fourth-order valence-electron chi connectivity index (χ4n) is 2.59. The lowest BCUT2D eigenvalue weighted by atomic mass is 10.2. The molecule has 0 bridgehead atoms. The second-order valence-corrected chi connectivity index (χ2v) is 5.34. The molecule has 0 saturated carbocycles. The Hall–Kier alpha value is -3.15. The van der Waals surface area contributed by atoms with E-state index < -0.39 is 0 Å². The Bertz CT molecular complexity index is 1000. The van der Waals surface area contributed by atoms with Gasteiger partial charge in [0, 0.05) is 12.7 Å². The van der Waals surface area contributed by atoms with Crippen LogP contribution in [-0.4, -0.2) is 26.4 Å². The van der Waals surface area contributed by atoms with Gasteiger partial charge in [0.15, 0.2) is 11.5 Å². The number of fused-ring (bicyclic) bond motifs is 3. The lowest BCUT2D eigenvalue weighted by Gasteiger charge is -2.12. The minimum absolute atomic E-state index is 0.767. The average molecular weight is 304 g/mol. The van der Waals surface area contributed by atoms with E-state index in [4.69, 9.17) is 4.98 Å². The van der Waals surface area contributed by atoms with Crippen LogP contribution in [0.1, 0.15) is 5.56 Å². The Balaban J connectivity index is 1.92. The zero-order chi connectivity index (χ0) is 15.8. The molecular weight excluding hydrogens is 288 g/mol. The summed E-state index contributed by atoms with van der Waals surface area (Å²) in [5.41, 5.74) is 4.67. The molecule has 0 aliphatic heterocycles. The molecule has 0 atom stereocenters. The van der Waals surface area contributed by atoms with Gasteiger partial charge in [-0.25, -0.2) is 15.0 Å². The maximum Gasteiger partial charge on any atom is 0.166 e. The standard InChI is InChI=1S/C17H16N6/c1-11-5-3-4-6-12(11)20-16-14-9-19-10-23(14)17-13(21-16)7-8-15(18-2)22-17/h3-10H,1-2H3,(H,18,22)(H,20,21). The highest BCUT2D eigenvalue weighted by Crippen LogP contribution is 2.25. The van der Waals surface area contributed by atoms with Gasteiger partial charge in [0.25, 0.3) is 0 Å². The van der Waals surface area contributed by atoms with Gasteiger partial charge in [-0.15, -0.1) is 0 Å². The van der Waals surface area contributed by atoms with Crippen LogP contribution < -0.4 is 10.6 Å². The van der Waals surface area contributed by atoms with E-state index in [-0.39, 0.29) is 0 Å². The first-order valence-corrected chi connectivity index (χ1v) is 7.39. The second kappa shape index (κ2) is 5.24. The van der Waals surface area contributed by atoms with E-state index in [1.165, 1.54) is 0 Å². The Kier molecular flexibility index (Phi) is 3.08. The van der Waals surface area contributed by atoms with E-state index in [2.05, 4.69) is 33.6 Å². The highest BCUT2D eigenvalue weighted by Gasteiger charge is 2.11. The van der Waals surface area contributed by atoms with Gasteiger partial charge in [0.05, 0.1) is 6.20 Å². The van der Waals surface area contributed by atoms with Gasteiger partial charge in [-0.05, 0) is 30.7 Å². The van der Waals surface area contributed by atoms with Crippen LogP contribution in [0.15, 0.2) is 48.9 Å². The van der Waals surface area contributed by atoms with Gasteiger partial charge < -0.3 is 10.6 Å². The molecule has 6 heteroatoms. The topological polar surface area (TPSA) is 67.1 Å². The van der Waals surface area contributed by atoms with Gasteiger partial charge in [0.1, 0.15) is 23.2 Å². The number of hydrogen-bond donors (Lipinski definition) is 2. The number of pyridine rings is 1. The highest BCUT2D eigenvalue weighted by molar-refractivity contribution is 5.84. The number of rotatable bonds is 3. The van der Waals surface area contributed by atoms with Crippen molar-refractivity contribution in [1.29, 1.82) is 0 Å². The summed E-state index contributed by atoms with van der Waals surface area (Å²) in [6.45, 7) is 2.07. The largest absolute Gasteiger partial charge is 0.373 e. The number of aromatic nitrogens is 4. The van der Waals surface area contributed by atoms with Crippen molar-refractivity contribution in [2.45, 2.75) is 6.92 Å². The highest BCUT2D eigenvalue weighted by atomic mass is 15.1. The first kappa shape index (κ1) is 13.5. The van der Waals surface area contributed by atoms with Crippen LogP contribution in [0.4, 0.5) is 17.3 Å². The molecule has 3 heterocycles. The maximum absolute atomic E-state index is 4.73. The van der Waals surface area contributed by atoms with Crippen molar-refractivity contribution in [3.05, 3.63) is 54.5 Å². The lowest BCUT2D eigenvalue weighted by Crippen LogP contribution is -2.02. The van der Waals surface area contributed by atoms with Crippen molar-refractivity contribution in [3.8, 4) is 0 Å². The fourth-order valence-corrected chi connectivity index (χ4v) is 2.59. The smallest absolute Gasteiger partial charge is 0.166 e. The van der Waals surface area contributed by atoms with Crippen molar-refractivity contribution >= 4 is 34.0 Å². The summed E-state index contributed by atoms with van der Waals surface area (Å²) < 4.78 is 1.95. The predicted octanol–water partition coefficient (Wildman–Crippen LogP) is 3.37. The molecule has 0 aliphatic rings. The monoisotopic (exact) mass is 304 g/mol. The number of aryl methyl sites for hydroxylation is 1. The first-order chi connectivity index (χ1) is 11.3. The van der Waals surface area contributed by atoms with Crippen LogP contribution >= 0.6 is 0 Å². The molecule has 1 aromatic carbocycles. The zero-order valence-corrected chi connectivity index (χ0v) is 12.9. The summed E-state index contributed by atoms with van der Waals surface area (Å²) >= 11 is 0. The quantitative estimate of drug-likeness (QED) is 0.607. The van der Waals surface area contributed by atoms with Crippen molar-refractivity contribution < 1.29 is 0 Å². The molecule has 114 valence electrons. The fraction of sp³-hybridized carbons (Fsp3) is 0.118. The summed E-state index contributed by atoms with van der Waals surface area (Å²) in [4.78, 5) is 13.6. The number of anilines is 3. The summed E-state index contributed by atoms with van der Waals surface area (Å²) in [6.07, 6.45) is 3.55. The average Bonchev–Trinajstić information content (AvgIpc) is 3.07. The molecular formula is C17H16N6. The van der Waals surface area contributed by atoms with Crippen LogP contribution in [0.2, 0.25) is 0 Å². The van der Waals surface area contributed by atoms with Gasteiger partial charge in [-0.1, -0.05) is 18.2 Å². The third-order valence-electron chi connectivity index (χ3n) is 3.85. The molecule has 3 aromatic heterocycles. The normalized spacial score (nSPS) is 11.0. The van der Waals surface area contributed by atoms with Gasteiger partial charge in [-0.2, -0.15) is 0 Å². The molecule has 0 unspecified atom stereocenters. The van der Waals surface area contributed by atoms with Crippen LogP contribution in [0.5, 0.6) is 0 Å². The number of imidazole rings is 1. The Morgan fingerprint density at radius 1 is 1.04 bits per heavy atom. The third kappa shape index (κ3) is 2.24. The molecule has 0 aliphatic carbocycles. The molecule has 0 fully saturated rings. The van der Waals surface area contributed by atoms with E-state index in [0.29, 0.717) is 0 Å². The summed E-state index contributed by atoms with van der Waals surface area (Å²) in [5, 5.41) is 6.46. The van der Waals surface area contributed by atoms with Crippen molar-refractivity contribution in [2.24, 2.45) is 0 Å². The van der Waals surface area contributed by atoms with Crippen LogP contribution in [0.3, 0.4) is 0 Å². The number of nitrogens with zero attached hydrogens (tertiary/aromatic N) is 4. The number of para-hydroxylation sites is 1. The van der Waals surface area contributed by atoms with Crippen molar-refractivity contribution in [1.82, 2.24) is 19.4 Å². The molecule has 0 amide bonds. The van der Waals surface area contributed by atoms with Gasteiger partial charge >= 0.3 is 0 Å². The Morgan fingerprint density at radius 3 is 2.74 bits per heavy atom. The second-order valence-electron chi connectivity index (χ2n) is 5.34. The molecule has 4 aromatic rings. The first-order valence-electron chi connectivity index (χ1n) is 7.39. The minimum Gasteiger partial charge on any atom is -0.373 e. The minimum atomic E-state index is 0.767. The molecule has 23 heavy (non-hydrogen) atoms. The maximum atomic E-state index is 4.73. The molecule has 0 spiro atoms. The molecule has 4 rings (SSSR count). The van der Waals surface area contributed by atoms with Gasteiger partial charge in [-0.3, -0.25) is 4.40 Å². The summed E-state index contributed by atoms with van der Waals surface area (Å²) in [6, 6.07) is 12.0. The summed E-state index contributed by atoms with van der Waals surface area (Å²) in [5.74, 6) is 1.57. The van der Waals surface area contributed by atoms with Crippen LogP contribution in [0.25, 0.3) is 16.7 Å². The van der Waals surface area contributed by atoms with E-state index in [9.17, 15) is 0 Å². The number of hydrogen-bond acceptors (Lipinski definition) is 5. The Labute approximate surface area is 133 Å². The molecule has 2 N–H and O–H groups in total. The van der Waals surface area contributed by atoms with E-state index in [1.807, 2.05) is 41.8 Å². The third-order valence-corrected chi connectivity index (χ3v) is 3.85. The lowest BCUT2D eigenvalue weighted by molar-refractivity contribution is 1.14. The van der Waals surface area contributed by atoms with E-state index in [0.717, 1.165) is 39.6 Å². The molecule has 0 saturated heterocycles. The number of benzene rings is 1. The van der Waals surface area contributed by atoms with Crippen LogP contribution in [-0.2, 0) is 0 Å². The van der Waals surface area contributed by atoms with E-state index in [1.54, 1.807) is 12.5 Å². The molecule has 0 radical (unpaired) electrons. The Morgan fingerprint density at radius 2 is 1.91 bits per heavy atom. The number of nitrogens with one attached hydrogen (secondary N) is 2. The zero-order valence-electron chi connectivity index (χ0n) is 12.9. The van der Waals surface area contributed by atoms with Gasteiger partial charge in [0.2, 0.25) is 0 Å². The SMILES string of the molecule is CNc1ccc2nc(Nc3ccccc3C)c3cncn3c2n1. The molecule has 6 nitrogen and oxygen atoms in total. The van der Waals surface area contributed by atoms with Crippen molar-refractivity contribution in [3.63, 3.8) is 0 Å². The summed E-state index contributed by atoms with van der Waals surface area (Å²) in [7, 11) is 1.85. The van der Waals surface area contributed by atoms with Crippen molar-refractivity contribution in [2.75, 3.05) is 17.7 Å². The van der Waals surface area contributed by atoms with E-state index >= 15 is 0 Å². The predicted molar refractivity (Wildman–Crippen MR) is 92.3 cm³/mol. The van der Waals surface area contributed by atoms with Crippen LogP contribution in [0, 0.1) is 6.92 Å².